The number of carbonyl (C=O) groups excluding carboxylic acids is 1. The van der Waals surface area contributed by atoms with E-state index in [1.807, 2.05) is 25.1 Å². The largest absolute Gasteiger partial charge is 0.339 e. The van der Waals surface area contributed by atoms with Crippen molar-refractivity contribution in [3.63, 3.8) is 0 Å². The maximum absolute atomic E-state index is 10.6. The predicted octanol–water partition coefficient (Wildman–Crippen LogP) is 2.08. The second-order valence-corrected chi connectivity index (χ2v) is 5.27. The summed E-state index contributed by atoms with van der Waals surface area (Å²) in [6.07, 6.45) is 2.71. The van der Waals surface area contributed by atoms with Crippen LogP contribution in [-0.4, -0.2) is 29.6 Å². The molecule has 21 heavy (non-hydrogen) atoms. The molecule has 6 heteroatoms. The van der Waals surface area contributed by atoms with E-state index in [0.29, 0.717) is 24.0 Å². The molecule has 110 valence electrons. The van der Waals surface area contributed by atoms with E-state index in [2.05, 4.69) is 20.8 Å². The molecule has 1 aromatic carbocycles. The van der Waals surface area contributed by atoms with E-state index in [0.717, 1.165) is 42.7 Å². The number of aryl methyl sites for hydroxylation is 1. The van der Waals surface area contributed by atoms with E-state index in [1.54, 1.807) is 0 Å². The first-order valence-electron chi connectivity index (χ1n) is 7.13. The molecule has 1 aliphatic rings. The van der Waals surface area contributed by atoms with Crippen LogP contribution >= 0.6 is 0 Å². The topological polar surface area (TPSA) is 80.1 Å². The van der Waals surface area contributed by atoms with Crippen molar-refractivity contribution in [2.45, 2.75) is 25.7 Å². The number of piperidine rings is 1. The molecule has 0 radical (unpaired) electrons. The molecule has 1 amide bonds. The van der Waals surface area contributed by atoms with Crippen LogP contribution in [0, 0.1) is 6.92 Å². The molecule has 1 aromatic heterocycles. The third kappa shape index (κ3) is 2.95. The van der Waals surface area contributed by atoms with E-state index in [-0.39, 0.29) is 0 Å². The fourth-order valence-corrected chi connectivity index (χ4v) is 2.57. The fourth-order valence-electron chi connectivity index (χ4n) is 2.57. The van der Waals surface area contributed by atoms with E-state index in [1.165, 1.54) is 0 Å². The van der Waals surface area contributed by atoms with Crippen molar-refractivity contribution in [2.24, 2.45) is 0 Å². The summed E-state index contributed by atoms with van der Waals surface area (Å²) in [6.45, 7) is 3.91. The first-order valence-corrected chi connectivity index (χ1v) is 7.13. The molecule has 1 aliphatic heterocycles. The number of nitrogens with one attached hydrogen (secondary N) is 2. The number of rotatable bonds is 4. The standard InChI is InChI=1S/C15H18N4O2/c1-10-2-3-12(8-13(10)17-9-20)14-18-15(21-19-14)11-4-6-16-7-5-11/h2-3,8-9,11,16H,4-7H2,1H3,(H,17,20). The zero-order valence-electron chi connectivity index (χ0n) is 11.9. The van der Waals surface area contributed by atoms with Gasteiger partial charge in [-0.15, -0.1) is 0 Å². The molecule has 1 saturated heterocycles. The Morgan fingerprint density at radius 3 is 2.95 bits per heavy atom. The number of carbonyl (C=O) groups is 1. The van der Waals surface area contributed by atoms with Crippen LogP contribution in [0.25, 0.3) is 11.4 Å². The number of benzene rings is 1. The van der Waals surface area contributed by atoms with Crippen LogP contribution in [0.5, 0.6) is 0 Å². The van der Waals surface area contributed by atoms with Gasteiger partial charge in [0.15, 0.2) is 0 Å². The van der Waals surface area contributed by atoms with Gasteiger partial charge in [-0.2, -0.15) is 4.98 Å². The van der Waals surface area contributed by atoms with Crippen molar-refractivity contribution in [2.75, 3.05) is 18.4 Å². The van der Waals surface area contributed by atoms with Gasteiger partial charge < -0.3 is 15.2 Å². The molecule has 0 aliphatic carbocycles. The summed E-state index contributed by atoms with van der Waals surface area (Å²) in [7, 11) is 0. The summed E-state index contributed by atoms with van der Waals surface area (Å²) in [4.78, 5) is 15.1. The molecule has 0 bridgehead atoms. The summed E-state index contributed by atoms with van der Waals surface area (Å²) >= 11 is 0. The predicted molar refractivity (Wildman–Crippen MR) is 79.0 cm³/mol. The lowest BCUT2D eigenvalue weighted by Crippen LogP contribution is -2.26. The van der Waals surface area contributed by atoms with E-state index in [4.69, 9.17) is 4.52 Å². The van der Waals surface area contributed by atoms with Crippen molar-refractivity contribution in [1.82, 2.24) is 15.5 Å². The highest BCUT2D eigenvalue weighted by Crippen LogP contribution is 2.27. The van der Waals surface area contributed by atoms with E-state index >= 15 is 0 Å². The molecule has 3 rings (SSSR count). The maximum Gasteiger partial charge on any atom is 0.230 e. The number of aromatic nitrogens is 2. The van der Waals surface area contributed by atoms with E-state index < -0.39 is 0 Å². The smallest absolute Gasteiger partial charge is 0.230 e. The summed E-state index contributed by atoms with van der Waals surface area (Å²) in [5, 5.41) is 10.1. The molecule has 2 heterocycles. The lowest BCUT2D eigenvalue weighted by Gasteiger charge is -2.18. The molecule has 6 nitrogen and oxygen atoms in total. The van der Waals surface area contributed by atoms with Crippen molar-refractivity contribution in [1.29, 1.82) is 0 Å². The number of nitrogens with zero attached hydrogens (tertiary/aromatic N) is 2. The molecule has 0 atom stereocenters. The van der Waals surface area contributed by atoms with Gasteiger partial charge in [-0.25, -0.2) is 0 Å². The van der Waals surface area contributed by atoms with Gasteiger partial charge in [0.1, 0.15) is 0 Å². The van der Waals surface area contributed by atoms with Gasteiger partial charge in [0.2, 0.25) is 18.1 Å². The summed E-state index contributed by atoms with van der Waals surface area (Å²) in [5.74, 6) is 1.61. The average molecular weight is 286 g/mol. The van der Waals surface area contributed by atoms with Gasteiger partial charge in [-0.05, 0) is 44.5 Å². The molecule has 0 saturated carbocycles. The Morgan fingerprint density at radius 2 is 2.19 bits per heavy atom. The van der Waals surface area contributed by atoms with Gasteiger partial charge in [0, 0.05) is 17.2 Å². The highest BCUT2D eigenvalue weighted by molar-refractivity contribution is 5.76. The lowest BCUT2D eigenvalue weighted by molar-refractivity contribution is -0.105. The van der Waals surface area contributed by atoms with Crippen LogP contribution < -0.4 is 10.6 Å². The average Bonchev–Trinajstić information content (AvgIpc) is 3.00. The number of hydrogen-bond acceptors (Lipinski definition) is 5. The van der Waals surface area contributed by atoms with Crippen LogP contribution in [0.15, 0.2) is 22.7 Å². The molecule has 2 aromatic rings. The zero-order valence-corrected chi connectivity index (χ0v) is 11.9. The normalized spacial score (nSPS) is 15.9. The van der Waals surface area contributed by atoms with Gasteiger partial charge in [0.25, 0.3) is 0 Å². The van der Waals surface area contributed by atoms with Gasteiger partial charge in [-0.1, -0.05) is 17.3 Å². The fraction of sp³-hybridized carbons (Fsp3) is 0.400. The third-order valence-corrected chi connectivity index (χ3v) is 3.84. The SMILES string of the molecule is Cc1ccc(-c2noc(C3CCNCC3)n2)cc1NC=O. The van der Waals surface area contributed by atoms with Crippen molar-refractivity contribution in [3.05, 3.63) is 29.7 Å². The highest BCUT2D eigenvalue weighted by Gasteiger charge is 2.21. The Labute approximate surface area is 122 Å². The lowest BCUT2D eigenvalue weighted by atomic mass is 9.98. The number of amides is 1. The van der Waals surface area contributed by atoms with Crippen LogP contribution in [0.2, 0.25) is 0 Å². The van der Waals surface area contributed by atoms with Gasteiger partial charge >= 0.3 is 0 Å². The molecule has 0 spiro atoms. The Morgan fingerprint density at radius 1 is 1.38 bits per heavy atom. The third-order valence-electron chi connectivity index (χ3n) is 3.84. The Hall–Kier alpha value is -2.21. The van der Waals surface area contributed by atoms with Crippen LogP contribution in [0.3, 0.4) is 0 Å². The van der Waals surface area contributed by atoms with Crippen molar-refractivity contribution < 1.29 is 9.32 Å². The minimum absolute atomic E-state index is 0.338. The molecule has 1 fully saturated rings. The second kappa shape index (κ2) is 6.05. The van der Waals surface area contributed by atoms with Crippen molar-refractivity contribution in [3.8, 4) is 11.4 Å². The second-order valence-electron chi connectivity index (χ2n) is 5.27. The summed E-state index contributed by atoms with van der Waals surface area (Å²) in [5.41, 5.74) is 2.59. The first kappa shape index (κ1) is 13.8. The molecule has 2 N–H and O–H groups in total. The Balaban J connectivity index is 1.85. The highest BCUT2D eigenvalue weighted by atomic mass is 16.5. The van der Waals surface area contributed by atoms with Gasteiger partial charge in [-0.3, -0.25) is 4.79 Å². The van der Waals surface area contributed by atoms with Crippen LogP contribution in [0.4, 0.5) is 5.69 Å². The van der Waals surface area contributed by atoms with Crippen molar-refractivity contribution >= 4 is 12.1 Å². The van der Waals surface area contributed by atoms with Crippen LogP contribution in [0.1, 0.15) is 30.2 Å². The molecular weight excluding hydrogens is 268 g/mol. The minimum Gasteiger partial charge on any atom is -0.339 e. The van der Waals surface area contributed by atoms with Gasteiger partial charge in [0.05, 0.1) is 0 Å². The Bertz CT molecular complexity index is 632. The first-order chi connectivity index (χ1) is 10.3. The zero-order chi connectivity index (χ0) is 14.7. The molecular formula is C15H18N4O2. The minimum atomic E-state index is 0.338. The summed E-state index contributed by atoms with van der Waals surface area (Å²) < 4.78 is 5.41. The van der Waals surface area contributed by atoms with Crippen LogP contribution in [-0.2, 0) is 4.79 Å². The summed E-state index contributed by atoms with van der Waals surface area (Å²) in [6, 6.07) is 5.73. The number of anilines is 1. The van der Waals surface area contributed by atoms with E-state index in [9.17, 15) is 4.79 Å². The number of hydrogen-bond donors (Lipinski definition) is 2. The monoisotopic (exact) mass is 286 g/mol. The molecule has 0 unspecified atom stereocenters. The maximum atomic E-state index is 10.6. The quantitative estimate of drug-likeness (QED) is 0.841. The Kier molecular flexibility index (Phi) is 3.96.